The summed E-state index contributed by atoms with van der Waals surface area (Å²) in [5, 5.41) is 8.42. The second-order valence-electron chi connectivity index (χ2n) is 4.92. The first-order valence-corrected chi connectivity index (χ1v) is 7.44. The van der Waals surface area contributed by atoms with Crippen LogP contribution in [0.4, 0.5) is 0 Å². The molecule has 1 heterocycles. The van der Waals surface area contributed by atoms with Crippen molar-refractivity contribution in [3.63, 3.8) is 0 Å². The molecule has 0 saturated heterocycles. The van der Waals surface area contributed by atoms with Crippen LogP contribution in [0.15, 0.2) is 6.20 Å². The largest absolute Gasteiger partial charge is 0.374 e. The van der Waals surface area contributed by atoms with Crippen molar-refractivity contribution >= 4 is 11.6 Å². The summed E-state index contributed by atoms with van der Waals surface area (Å²) in [7, 11) is 1.94. The number of ether oxygens (including phenoxy) is 1. The van der Waals surface area contributed by atoms with Gasteiger partial charge in [-0.15, -0.1) is 0 Å². The second-order valence-corrected chi connectivity index (χ2v) is 5.33. The fourth-order valence-electron chi connectivity index (χ4n) is 2.50. The van der Waals surface area contributed by atoms with Gasteiger partial charge in [0.2, 0.25) is 0 Å². The van der Waals surface area contributed by atoms with E-state index in [1.54, 1.807) is 6.20 Å². The average Bonchev–Trinajstić information content (AvgIpc) is 2.73. The molecule has 1 rings (SSSR count). The Morgan fingerprint density at radius 2 is 2.16 bits per heavy atom. The lowest BCUT2D eigenvalue weighted by atomic mass is 9.90. The van der Waals surface area contributed by atoms with E-state index < -0.39 is 0 Å². The predicted octanol–water partition coefficient (Wildman–Crippen LogP) is 3.41. The summed E-state index contributed by atoms with van der Waals surface area (Å²) >= 11 is 6.34. The molecule has 0 radical (unpaired) electrons. The summed E-state index contributed by atoms with van der Waals surface area (Å²) in [5.41, 5.74) is 0.724. The second kappa shape index (κ2) is 7.27. The van der Waals surface area contributed by atoms with Crippen LogP contribution in [-0.4, -0.2) is 29.0 Å². The van der Waals surface area contributed by atoms with E-state index in [2.05, 4.69) is 31.2 Å². The number of hydrogen-bond donors (Lipinski definition) is 1. The maximum atomic E-state index is 6.34. The summed E-state index contributed by atoms with van der Waals surface area (Å²) in [5.74, 6) is 0. The Balaban J connectivity index is 3.18. The van der Waals surface area contributed by atoms with Gasteiger partial charge in [-0.3, -0.25) is 4.68 Å². The van der Waals surface area contributed by atoms with Crippen LogP contribution >= 0.6 is 11.6 Å². The first-order valence-electron chi connectivity index (χ1n) is 7.06. The number of aromatic nitrogens is 2. The monoisotopic (exact) mass is 287 g/mol. The third-order valence-electron chi connectivity index (χ3n) is 3.62. The Morgan fingerprint density at radius 3 is 2.63 bits per heavy atom. The first-order chi connectivity index (χ1) is 9.03. The molecule has 4 nitrogen and oxygen atoms in total. The zero-order valence-corrected chi connectivity index (χ0v) is 13.4. The number of halogens is 1. The van der Waals surface area contributed by atoms with Crippen molar-refractivity contribution < 1.29 is 4.74 Å². The van der Waals surface area contributed by atoms with Gasteiger partial charge in [0.25, 0.3) is 0 Å². The molecule has 0 bridgehead atoms. The van der Waals surface area contributed by atoms with Gasteiger partial charge in [-0.25, -0.2) is 0 Å². The molecule has 2 unspecified atom stereocenters. The minimum atomic E-state index is -0.293. The highest BCUT2D eigenvalue weighted by atomic mass is 35.5. The quantitative estimate of drug-likeness (QED) is 0.796. The lowest BCUT2D eigenvalue weighted by Gasteiger charge is -2.37. The van der Waals surface area contributed by atoms with Gasteiger partial charge in [-0.2, -0.15) is 5.10 Å². The van der Waals surface area contributed by atoms with E-state index in [1.807, 2.05) is 18.7 Å². The fraction of sp³-hybridized carbons (Fsp3) is 0.786. The number of likely N-dealkylation sites (N-methyl/N-ethyl adjacent to an activating group) is 1. The fourth-order valence-corrected chi connectivity index (χ4v) is 2.75. The van der Waals surface area contributed by atoms with E-state index in [-0.39, 0.29) is 11.6 Å². The Hall–Kier alpha value is -0.580. The van der Waals surface area contributed by atoms with Crippen LogP contribution in [0.1, 0.15) is 52.3 Å². The molecule has 0 aromatic carbocycles. The number of rotatable bonds is 8. The van der Waals surface area contributed by atoms with E-state index in [0.29, 0.717) is 11.6 Å². The molecule has 0 amide bonds. The van der Waals surface area contributed by atoms with E-state index in [0.717, 1.165) is 25.1 Å². The van der Waals surface area contributed by atoms with E-state index in [1.165, 1.54) is 0 Å². The minimum Gasteiger partial charge on any atom is -0.374 e. The van der Waals surface area contributed by atoms with Crippen molar-refractivity contribution in [1.29, 1.82) is 0 Å². The smallest absolute Gasteiger partial charge is 0.0861 e. The maximum absolute atomic E-state index is 6.34. The SMILES string of the molecule is CCCn1ncc(Cl)c1C(NC)C(C)(CC)OCC. The molecule has 110 valence electrons. The summed E-state index contributed by atoms with van der Waals surface area (Å²) in [6, 6.07) is 0.0269. The van der Waals surface area contributed by atoms with Crippen molar-refractivity contribution in [2.75, 3.05) is 13.7 Å². The van der Waals surface area contributed by atoms with Crippen molar-refractivity contribution in [2.45, 2.75) is 58.7 Å². The predicted molar refractivity (Wildman–Crippen MR) is 79.7 cm³/mol. The number of hydrogen-bond acceptors (Lipinski definition) is 3. The van der Waals surface area contributed by atoms with Crippen LogP contribution < -0.4 is 5.32 Å². The molecule has 0 aliphatic heterocycles. The van der Waals surface area contributed by atoms with E-state index in [9.17, 15) is 0 Å². The normalized spacial score (nSPS) is 16.3. The molecule has 0 aliphatic carbocycles. The van der Waals surface area contributed by atoms with Gasteiger partial charge in [0.1, 0.15) is 0 Å². The van der Waals surface area contributed by atoms with Crippen LogP contribution in [0.5, 0.6) is 0 Å². The van der Waals surface area contributed by atoms with Gasteiger partial charge >= 0.3 is 0 Å². The molecular formula is C14H26ClN3O. The molecule has 1 aromatic rings. The Kier molecular flexibility index (Phi) is 6.30. The Morgan fingerprint density at radius 1 is 1.47 bits per heavy atom. The van der Waals surface area contributed by atoms with Crippen LogP contribution in [0.2, 0.25) is 5.02 Å². The number of aryl methyl sites for hydroxylation is 1. The van der Waals surface area contributed by atoms with E-state index in [4.69, 9.17) is 16.3 Å². The van der Waals surface area contributed by atoms with E-state index >= 15 is 0 Å². The average molecular weight is 288 g/mol. The zero-order valence-electron chi connectivity index (χ0n) is 12.7. The van der Waals surface area contributed by atoms with Gasteiger partial charge in [-0.1, -0.05) is 25.4 Å². The molecule has 0 fully saturated rings. The summed E-state index contributed by atoms with van der Waals surface area (Å²) in [6.45, 7) is 9.96. The molecule has 0 spiro atoms. The molecule has 2 atom stereocenters. The third-order valence-corrected chi connectivity index (χ3v) is 3.91. The van der Waals surface area contributed by atoms with Crippen molar-refractivity contribution in [2.24, 2.45) is 0 Å². The summed E-state index contributed by atoms with van der Waals surface area (Å²) < 4.78 is 7.96. The Bertz CT molecular complexity index is 394. The van der Waals surface area contributed by atoms with Gasteiger partial charge in [0.15, 0.2) is 0 Å². The molecule has 1 aromatic heterocycles. The zero-order chi connectivity index (χ0) is 14.5. The highest BCUT2D eigenvalue weighted by Crippen LogP contribution is 2.35. The van der Waals surface area contributed by atoms with Gasteiger partial charge in [0, 0.05) is 13.2 Å². The summed E-state index contributed by atoms with van der Waals surface area (Å²) in [6.07, 6.45) is 3.65. The number of nitrogens with one attached hydrogen (secondary N) is 1. The van der Waals surface area contributed by atoms with Gasteiger partial charge in [-0.05, 0) is 33.7 Å². The number of nitrogens with zero attached hydrogens (tertiary/aromatic N) is 2. The lowest BCUT2D eigenvalue weighted by molar-refractivity contribution is -0.0565. The van der Waals surface area contributed by atoms with Crippen LogP contribution in [0.25, 0.3) is 0 Å². The van der Waals surface area contributed by atoms with Gasteiger partial charge in [0.05, 0.1) is 28.6 Å². The van der Waals surface area contributed by atoms with Crippen molar-refractivity contribution in [3.05, 3.63) is 16.9 Å². The van der Waals surface area contributed by atoms with Crippen molar-refractivity contribution in [1.82, 2.24) is 15.1 Å². The molecule has 0 saturated carbocycles. The molecule has 5 heteroatoms. The van der Waals surface area contributed by atoms with Crippen molar-refractivity contribution in [3.8, 4) is 0 Å². The third kappa shape index (κ3) is 3.50. The maximum Gasteiger partial charge on any atom is 0.0861 e. The topological polar surface area (TPSA) is 39.1 Å². The molecule has 19 heavy (non-hydrogen) atoms. The lowest BCUT2D eigenvalue weighted by Crippen LogP contribution is -2.43. The highest BCUT2D eigenvalue weighted by Gasteiger charge is 2.37. The minimum absolute atomic E-state index is 0.0269. The first kappa shape index (κ1) is 16.5. The Labute approximate surface area is 121 Å². The van der Waals surface area contributed by atoms with Crippen LogP contribution in [0.3, 0.4) is 0 Å². The summed E-state index contributed by atoms with van der Waals surface area (Å²) in [4.78, 5) is 0. The standard InChI is InChI=1S/C14H26ClN3O/c1-6-9-18-12(11(15)10-17-18)13(16-5)14(4,7-2)19-8-3/h10,13,16H,6-9H2,1-5H3. The van der Waals surface area contributed by atoms with Gasteiger partial charge < -0.3 is 10.1 Å². The molecule has 1 N–H and O–H groups in total. The molecule has 0 aliphatic rings. The highest BCUT2D eigenvalue weighted by molar-refractivity contribution is 6.31. The van der Waals surface area contributed by atoms with Crippen LogP contribution in [-0.2, 0) is 11.3 Å². The molecular weight excluding hydrogens is 262 g/mol. The van der Waals surface area contributed by atoms with Crippen LogP contribution in [0, 0.1) is 0 Å².